The molecule has 1 nitrogen and oxygen atoms in total. The molecule has 1 aromatic rings. The van der Waals surface area contributed by atoms with Crippen LogP contribution in [0.1, 0.15) is 5.56 Å². The summed E-state index contributed by atoms with van der Waals surface area (Å²) < 4.78 is 11.8. The summed E-state index contributed by atoms with van der Waals surface area (Å²) in [5.41, 5.74) is 4.30. The lowest BCUT2D eigenvalue weighted by atomic mass is 10.2. The predicted molar refractivity (Wildman–Crippen MR) is 68.7 cm³/mol. The van der Waals surface area contributed by atoms with E-state index in [4.69, 9.17) is 0 Å². The van der Waals surface area contributed by atoms with Gasteiger partial charge in [0.1, 0.15) is 18.9 Å². The molecule has 0 aliphatic rings. The molecule has 0 heterocycles. The van der Waals surface area contributed by atoms with Gasteiger partial charge in [0, 0.05) is 0 Å². The zero-order valence-electron chi connectivity index (χ0n) is 9.63. The average Bonchev–Trinajstić information content (AvgIpc) is 2.14. The van der Waals surface area contributed by atoms with Gasteiger partial charge in [-0.2, -0.15) is 0 Å². The Kier molecular flexibility index (Phi) is 3.89. The summed E-state index contributed by atoms with van der Waals surface area (Å²) in [6.07, 6.45) is 0. The highest BCUT2D eigenvalue weighted by molar-refractivity contribution is 7.90. The summed E-state index contributed by atoms with van der Waals surface area (Å²) in [6, 6.07) is 7.68. The molecular weight excluding hydrogens is 220 g/mol. The molecule has 3 heteroatoms. The SMILES string of the molecule is Cc1ccc(S(=O)C#C[Si](C)(C)C)cc1. The maximum Gasteiger partial charge on any atom is 0.130 e. The van der Waals surface area contributed by atoms with E-state index in [1.54, 1.807) is 0 Å². The van der Waals surface area contributed by atoms with E-state index in [0.717, 1.165) is 4.90 Å². The number of hydrogen-bond acceptors (Lipinski definition) is 1. The highest BCUT2D eigenvalue weighted by atomic mass is 32.2. The molecule has 15 heavy (non-hydrogen) atoms. The quantitative estimate of drug-likeness (QED) is 0.541. The lowest BCUT2D eigenvalue weighted by molar-refractivity contribution is 0.689. The van der Waals surface area contributed by atoms with Gasteiger partial charge < -0.3 is 0 Å². The monoisotopic (exact) mass is 236 g/mol. The molecule has 1 rings (SSSR count). The molecular formula is C12H16OSSi. The Labute approximate surface area is 95.4 Å². The topological polar surface area (TPSA) is 17.1 Å². The third-order valence-electron chi connectivity index (χ3n) is 1.75. The van der Waals surface area contributed by atoms with E-state index in [2.05, 4.69) is 30.4 Å². The molecule has 1 unspecified atom stereocenters. The molecule has 1 aromatic carbocycles. The highest BCUT2D eigenvalue weighted by Gasteiger charge is 2.08. The van der Waals surface area contributed by atoms with Gasteiger partial charge in [-0.3, -0.25) is 0 Å². The van der Waals surface area contributed by atoms with Crippen molar-refractivity contribution >= 4 is 18.9 Å². The Hall–Kier alpha value is -0.853. The zero-order chi connectivity index (χ0) is 11.5. The van der Waals surface area contributed by atoms with Gasteiger partial charge in [0.15, 0.2) is 0 Å². The summed E-state index contributed by atoms with van der Waals surface area (Å²) >= 11 is 0. The minimum Gasteiger partial charge on any atom is -0.241 e. The van der Waals surface area contributed by atoms with Crippen LogP contribution in [0.5, 0.6) is 0 Å². The van der Waals surface area contributed by atoms with Crippen LogP contribution < -0.4 is 0 Å². The van der Waals surface area contributed by atoms with Crippen LogP contribution in [0, 0.1) is 17.7 Å². The maximum absolute atomic E-state index is 11.8. The Morgan fingerprint density at radius 2 is 1.67 bits per heavy atom. The van der Waals surface area contributed by atoms with E-state index in [1.165, 1.54) is 5.56 Å². The fraction of sp³-hybridized carbons (Fsp3) is 0.333. The molecule has 80 valence electrons. The van der Waals surface area contributed by atoms with Crippen molar-refractivity contribution in [3.63, 3.8) is 0 Å². The van der Waals surface area contributed by atoms with Gasteiger partial charge in [-0.05, 0) is 24.3 Å². The summed E-state index contributed by atoms with van der Waals surface area (Å²) in [5.74, 6) is 0. The molecule has 0 radical (unpaired) electrons. The van der Waals surface area contributed by atoms with Crippen LogP contribution in [0.15, 0.2) is 29.2 Å². The summed E-state index contributed by atoms with van der Waals surface area (Å²) in [5, 5.41) is 2.84. The molecule has 0 aromatic heterocycles. The van der Waals surface area contributed by atoms with Gasteiger partial charge in [-0.25, -0.2) is 4.21 Å². The second kappa shape index (κ2) is 4.78. The van der Waals surface area contributed by atoms with Crippen molar-refractivity contribution in [2.75, 3.05) is 0 Å². The van der Waals surface area contributed by atoms with Crippen molar-refractivity contribution in [1.29, 1.82) is 0 Å². The second-order valence-corrected chi connectivity index (χ2v) is 10.5. The summed E-state index contributed by atoms with van der Waals surface area (Å²) in [7, 11) is -2.58. The maximum atomic E-state index is 11.8. The third-order valence-corrected chi connectivity index (χ3v) is 3.80. The van der Waals surface area contributed by atoms with Crippen molar-refractivity contribution in [2.24, 2.45) is 0 Å². The standard InChI is InChI=1S/C12H16OSSi/c1-11-5-7-12(8-6-11)14(13)9-10-15(2,3)4/h5-8H,1-4H3. The molecule has 1 atom stereocenters. The number of benzene rings is 1. The highest BCUT2D eigenvalue weighted by Crippen LogP contribution is 2.08. The van der Waals surface area contributed by atoms with Crippen LogP contribution >= 0.6 is 0 Å². The lowest BCUT2D eigenvalue weighted by Crippen LogP contribution is -2.16. The van der Waals surface area contributed by atoms with Gasteiger partial charge in [0.05, 0.1) is 4.90 Å². The van der Waals surface area contributed by atoms with Gasteiger partial charge in [0.2, 0.25) is 0 Å². The molecule has 0 saturated carbocycles. The van der Waals surface area contributed by atoms with Gasteiger partial charge >= 0.3 is 0 Å². The van der Waals surface area contributed by atoms with Crippen molar-refractivity contribution < 1.29 is 4.21 Å². The number of aryl methyl sites for hydroxylation is 1. The van der Waals surface area contributed by atoms with Crippen LogP contribution in [0.4, 0.5) is 0 Å². The van der Waals surface area contributed by atoms with E-state index in [-0.39, 0.29) is 0 Å². The molecule has 0 aliphatic heterocycles. The first-order valence-corrected chi connectivity index (χ1v) is 9.55. The van der Waals surface area contributed by atoms with Crippen LogP contribution in [-0.4, -0.2) is 12.3 Å². The molecule has 0 spiro atoms. The molecule has 0 amide bonds. The van der Waals surface area contributed by atoms with E-state index in [1.807, 2.05) is 31.2 Å². The summed E-state index contributed by atoms with van der Waals surface area (Å²) in [4.78, 5) is 0.798. The van der Waals surface area contributed by atoms with Crippen LogP contribution in [-0.2, 0) is 10.8 Å². The fourth-order valence-corrected chi connectivity index (χ4v) is 3.02. The van der Waals surface area contributed by atoms with Crippen molar-refractivity contribution in [3.05, 3.63) is 29.8 Å². The molecule has 0 saturated heterocycles. The normalized spacial score (nSPS) is 12.8. The predicted octanol–water partition coefficient (Wildman–Crippen LogP) is 2.94. The molecule has 0 aliphatic carbocycles. The van der Waals surface area contributed by atoms with E-state index < -0.39 is 18.9 Å². The Morgan fingerprint density at radius 1 is 1.13 bits per heavy atom. The number of rotatable bonds is 1. The van der Waals surface area contributed by atoms with Crippen LogP contribution in [0.2, 0.25) is 19.6 Å². The molecule has 0 bridgehead atoms. The summed E-state index contributed by atoms with van der Waals surface area (Å²) in [6.45, 7) is 8.45. The van der Waals surface area contributed by atoms with Gasteiger partial charge in [-0.15, -0.1) is 5.54 Å². The van der Waals surface area contributed by atoms with Gasteiger partial charge in [0.25, 0.3) is 0 Å². The van der Waals surface area contributed by atoms with Crippen molar-refractivity contribution in [1.82, 2.24) is 0 Å². The lowest BCUT2D eigenvalue weighted by Gasteiger charge is -2.03. The smallest absolute Gasteiger partial charge is 0.130 e. The first-order valence-electron chi connectivity index (χ1n) is 4.90. The van der Waals surface area contributed by atoms with Crippen molar-refractivity contribution in [3.8, 4) is 10.8 Å². The second-order valence-electron chi connectivity index (χ2n) is 4.56. The third kappa shape index (κ3) is 4.46. The Bertz CT molecular complexity index is 418. The van der Waals surface area contributed by atoms with Gasteiger partial charge in [-0.1, -0.05) is 37.3 Å². The van der Waals surface area contributed by atoms with E-state index in [9.17, 15) is 4.21 Å². The van der Waals surface area contributed by atoms with E-state index in [0.29, 0.717) is 0 Å². The first-order chi connectivity index (χ1) is 6.88. The largest absolute Gasteiger partial charge is 0.241 e. The van der Waals surface area contributed by atoms with Crippen molar-refractivity contribution in [2.45, 2.75) is 31.5 Å². The van der Waals surface area contributed by atoms with Crippen LogP contribution in [0.3, 0.4) is 0 Å². The zero-order valence-corrected chi connectivity index (χ0v) is 11.4. The Morgan fingerprint density at radius 3 is 2.13 bits per heavy atom. The molecule has 0 fully saturated rings. The van der Waals surface area contributed by atoms with Crippen LogP contribution in [0.25, 0.3) is 0 Å². The Balaban J connectivity index is 2.86. The fourth-order valence-electron chi connectivity index (χ4n) is 0.920. The first kappa shape index (κ1) is 12.2. The minimum atomic E-state index is -1.42. The molecule has 0 N–H and O–H groups in total. The number of hydrogen-bond donors (Lipinski definition) is 0. The minimum absolute atomic E-state index is 0.798. The van der Waals surface area contributed by atoms with E-state index >= 15 is 0 Å². The average molecular weight is 236 g/mol.